The summed E-state index contributed by atoms with van der Waals surface area (Å²) in [6.45, 7) is 1.57. The quantitative estimate of drug-likeness (QED) is 0.829. The molecule has 2 saturated carbocycles. The van der Waals surface area contributed by atoms with Crippen molar-refractivity contribution in [2.24, 2.45) is 17.8 Å². The highest BCUT2D eigenvalue weighted by atomic mass is 16.2. The molecule has 0 radical (unpaired) electrons. The van der Waals surface area contributed by atoms with Crippen molar-refractivity contribution in [3.05, 3.63) is 53.7 Å². The number of pyridine rings is 1. The Hall–Kier alpha value is -2.89. The van der Waals surface area contributed by atoms with Gasteiger partial charge in [-0.05, 0) is 61.5 Å². The molecule has 4 bridgehead atoms. The number of rotatable bonds is 3. The van der Waals surface area contributed by atoms with Crippen LogP contribution in [0.3, 0.4) is 0 Å². The molecule has 3 aliphatic heterocycles. The number of anilines is 2. The first-order chi connectivity index (χ1) is 15.1. The lowest BCUT2D eigenvalue weighted by molar-refractivity contribution is -0.117. The summed E-state index contributed by atoms with van der Waals surface area (Å²) >= 11 is 0. The molecule has 2 aliphatic carbocycles. The molecule has 2 unspecified atom stereocenters. The third-order valence-electron chi connectivity index (χ3n) is 7.66. The van der Waals surface area contributed by atoms with Crippen molar-refractivity contribution >= 4 is 23.3 Å². The Balaban J connectivity index is 1.30. The topological polar surface area (TPSA) is 65.5 Å². The molecule has 31 heavy (non-hydrogen) atoms. The number of carbonyl (C=O) groups excluding carboxylic acids is 2. The predicted octanol–water partition coefficient (Wildman–Crippen LogP) is 3.69. The largest absolute Gasteiger partial charge is 0.359 e. The summed E-state index contributed by atoms with van der Waals surface area (Å²) in [6, 6.07) is 12.2. The van der Waals surface area contributed by atoms with E-state index in [0.29, 0.717) is 35.6 Å². The van der Waals surface area contributed by atoms with Crippen LogP contribution in [0.15, 0.2) is 42.6 Å². The average molecular weight is 417 g/mol. The molecule has 2 aromatic rings. The van der Waals surface area contributed by atoms with Gasteiger partial charge < -0.3 is 15.1 Å². The Morgan fingerprint density at radius 3 is 2.55 bits per heavy atom. The van der Waals surface area contributed by atoms with E-state index in [0.717, 1.165) is 36.8 Å². The lowest BCUT2D eigenvalue weighted by atomic mass is 9.68. The van der Waals surface area contributed by atoms with Gasteiger partial charge in [0.25, 0.3) is 5.91 Å². The summed E-state index contributed by atoms with van der Waals surface area (Å²) in [5.41, 5.74) is 2.35. The van der Waals surface area contributed by atoms with Crippen LogP contribution in [-0.4, -0.2) is 40.8 Å². The van der Waals surface area contributed by atoms with Gasteiger partial charge in [0.1, 0.15) is 0 Å². The average Bonchev–Trinajstić information content (AvgIpc) is 2.98. The molecule has 4 heterocycles. The molecule has 4 fully saturated rings. The second-order valence-corrected chi connectivity index (χ2v) is 9.80. The van der Waals surface area contributed by atoms with Gasteiger partial charge in [0.05, 0.1) is 24.3 Å². The molecule has 2 amide bonds. The first kappa shape index (κ1) is 18.8. The number of nitrogens with zero attached hydrogens (tertiary/aromatic N) is 3. The molecule has 6 heteroatoms. The number of fused-ring (bicyclic) bond motifs is 2. The maximum Gasteiger partial charge on any atom is 0.255 e. The Morgan fingerprint density at radius 1 is 1.03 bits per heavy atom. The number of aromatic nitrogens is 1. The molecule has 2 saturated heterocycles. The molecule has 1 aromatic carbocycles. The van der Waals surface area contributed by atoms with Crippen molar-refractivity contribution in [2.75, 3.05) is 23.3 Å². The van der Waals surface area contributed by atoms with E-state index in [4.69, 9.17) is 0 Å². The van der Waals surface area contributed by atoms with E-state index < -0.39 is 0 Å². The molecule has 1 N–H and O–H groups in total. The van der Waals surface area contributed by atoms with E-state index in [1.807, 2.05) is 36.4 Å². The fourth-order valence-electron chi connectivity index (χ4n) is 6.44. The van der Waals surface area contributed by atoms with Crippen molar-refractivity contribution in [1.82, 2.24) is 9.88 Å². The van der Waals surface area contributed by atoms with Crippen molar-refractivity contribution < 1.29 is 9.59 Å². The lowest BCUT2D eigenvalue weighted by Crippen LogP contribution is -2.43. The Labute approximate surface area is 182 Å². The highest BCUT2D eigenvalue weighted by molar-refractivity contribution is 6.04. The van der Waals surface area contributed by atoms with E-state index in [9.17, 15) is 9.59 Å². The van der Waals surface area contributed by atoms with Crippen molar-refractivity contribution in [1.29, 1.82) is 0 Å². The molecule has 0 spiro atoms. The molecule has 6 nitrogen and oxygen atoms in total. The van der Waals surface area contributed by atoms with Crippen LogP contribution in [0.1, 0.15) is 48.0 Å². The van der Waals surface area contributed by atoms with Gasteiger partial charge in [-0.3, -0.25) is 9.59 Å². The predicted molar refractivity (Wildman–Crippen MR) is 119 cm³/mol. The van der Waals surface area contributed by atoms with Gasteiger partial charge in [0.15, 0.2) is 5.82 Å². The summed E-state index contributed by atoms with van der Waals surface area (Å²) in [5.74, 6) is 2.97. The minimum atomic E-state index is -0.00605. The molecule has 7 rings (SSSR count). The zero-order valence-corrected chi connectivity index (χ0v) is 17.7. The van der Waals surface area contributed by atoms with Gasteiger partial charge in [-0.25, -0.2) is 4.98 Å². The monoisotopic (exact) mass is 416 g/mol. The first-order valence-electron chi connectivity index (χ1n) is 11.5. The van der Waals surface area contributed by atoms with Crippen molar-refractivity contribution in [2.45, 2.75) is 44.7 Å². The SMILES string of the molecule is O=C1CNc2ncc(C(=O)N3CC4CC5CC(C4)CC3C5)cc2N1Cc1ccccc1. The van der Waals surface area contributed by atoms with Crippen LogP contribution in [-0.2, 0) is 11.3 Å². The van der Waals surface area contributed by atoms with E-state index >= 15 is 0 Å². The second-order valence-electron chi connectivity index (χ2n) is 9.80. The van der Waals surface area contributed by atoms with E-state index in [1.165, 1.54) is 19.3 Å². The maximum atomic E-state index is 13.6. The zero-order chi connectivity index (χ0) is 20.9. The third kappa shape index (κ3) is 3.38. The summed E-state index contributed by atoms with van der Waals surface area (Å²) in [5, 5.41) is 3.11. The molecular formula is C25H28N4O2. The first-order valence-corrected chi connectivity index (χ1v) is 11.5. The van der Waals surface area contributed by atoms with Gasteiger partial charge in [-0.2, -0.15) is 0 Å². The summed E-state index contributed by atoms with van der Waals surface area (Å²) in [7, 11) is 0. The maximum absolute atomic E-state index is 13.6. The Kier molecular flexibility index (Phi) is 4.47. The molecule has 2 atom stereocenters. The number of hydrogen-bond acceptors (Lipinski definition) is 4. The van der Waals surface area contributed by atoms with E-state index in [2.05, 4.69) is 15.2 Å². The number of benzene rings is 1. The van der Waals surface area contributed by atoms with Crippen molar-refractivity contribution in [3.63, 3.8) is 0 Å². The standard InChI is InChI=1S/C25H28N4O2/c30-23-13-27-24-22(29(23)14-16-4-2-1-3-5-16)11-20(12-26-24)25(31)28-15-19-7-17-6-18(8-19)10-21(28)9-17/h1-5,11-12,17-19,21H,6-10,13-15H2,(H,26,27). The van der Waals surface area contributed by atoms with Crippen LogP contribution in [0.4, 0.5) is 11.5 Å². The highest BCUT2D eigenvalue weighted by Gasteiger charge is 2.44. The fraction of sp³-hybridized carbons (Fsp3) is 0.480. The number of amides is 2. The van der Waals surface area contributed by atoms with Crippen LogP contribution < -0.4 is 10.2 Å². The summed E-state index contributed by atoms with van der Waals surface area (Å²) in [4.78, 5) is 34.8. The van der Waals surface area contributed by atoms with Crippen LogP contribution in [0, 0.1) is 17.8 Å². The van der Waals surface area contributed by atoms with Gasteiger partial charge in [-0.15, -0.1) is 0 Å². The minimum Gasteiger partial charge on any atom is -0.359 e. The van der Waals surface area contributed by atoms with Crippen LogP contribution >= 0.6 is 0 Å². The molecular weight excluding hydrogens is 388 g/mol. The van der Waals surface area contributed by atoms with Crippen LogP contribution in [0.5, 0.6) is 0 Å². The Morgan fingerprint density at radius 2 is 1.77 bits per heavy atom. The number of carbonyl (C=O) groups is 2. The normalized spacial score (nSPS) is 28.8. The van der Waals surface area contributed by atoms with Gasteiger partial charge in [-0.1, -0.05) is 30.3 Å². The number of hydrogen-bond donors (Lipinski definition) is 1. The van der Waals surface area contributed by atoms with Gasteiger partial charge >= 0.3 is 0 Å². The number of nitrogens with one attached hydrogen (secondary N) is 1. The zero-order valence-electron chi connectivity index (χ0n) is 17.7. The third-order valence-corrected chi connectivity index (χ3v) is 7.66. The van der Waals surface area contributed by atoms with E-state index in [-0.39, 0.29) is 18.4 Å². The summed E-state index contributed by atoms with van der Waals surface area (Å²) < 4.78 is 0. The second kappa shape index (κ2) is 7.36. The fourth-order valence-corrected chi connectivity index (χ4v) is 6.44. The molecule has 1 aromatic heterocycles. The lowest BCUT2D eigenvalue weighted by Gasteiger charge is -2.39. The van der Waals surface area contributed by atoms with Gasteiger partial charge in [0, 0.05) is 18.8 Å². The van der Waals surface area contributed by atoms with Gasteiger partial charge in [0.2, 0.25) is 5.91 Å². The van der Waals surface area contributed by atoms with E-state index in [1.54, 1.807) is 11.1 Å². The smallest absolute Gasteiger partial charge is 0.255 e. The van der Waals surface area contributed by atoms with Crippen molar-refractivity contribution in [3.8, 4) is 0 Å². The minimum absolute atomic E-state index is 0.00605. The molecule has 5 aliphatic rings. The van der Waals surface area contributed by atoms with Crippen LogP contribution in [0.25, 0.3) is 0 Å². The summed E-state index contributed by atoms with van der Waals surface area (Å²) in [6.07, 6.45) is 7.90. The Bertz CT molecular complexity index is 1010. The van der Waals surface area contributed by atoms with Crippen LogP contribution in [0.2, 0.25) is 0 Å². The molecule has 160 valence electrons. The highest BCUT2D eigenvalue weighted by Crippen LogP contribution is 2.47.